The summed E-state index contributed by atoms with van der Waals surface area (Å²) in [7, 11) is 1.61. The molecule has 2 aromatic heterocycles. The average molecular weight is 525 g/mol. The minimum atomic E-state index is -0.271. The standard InChI is InChI=1S/C27H26Cl2N4O3/c1-16-13-24(36-17(2)21-8-4-5-12-31-21)18-7-6-9-23(27(18)32-16)35-15-19-20(28)10-11-22(26(19)29)33(3)25(34)14-30/h4-13,17H,14-15,30H2,1-3H3. The van der Waals surface area contributed by atoms with Gasteiger partial charge in [-0.3, -0.25) is 9.78 Å². The predicted molar refractivity (Wildman–Crippen MR) is 143 cm³/mol. The number of fused-ring (bicyclic) bond motifs is 1. The number of hydrogen-bond donors (Lipinski definition) is 1. The first-order chi connectivity index (χ1) is 17.3. The molecule has 1 unspecified atom stereocenters. The van der Waals surface area contributed by atoms with Gasteiger partial charge in [-0.1, -0.05) is 35.3 Å². The molecular weight excluding hydrogens is 499 g/mol. The fourth-order valence-corrected chi connectivity index (χ4v) is 4.40. The maximum Gasteiger partial charge on any atom is 0.240 e. The van der Waals surface area contributed by atoms with Crippen molar-refractivity contribution in [3.05, 3.63) is 87.8 Å². The summed E-state index contributed by atoms with van der Waals surface area (Å²) in [5, 5.41) is 1.56. The summed E-state index contributed by atoms with van der Waals surface area (Å²) in [6, 6.07) is 16.6. The first kappa shape index (κ1) is 25.7. The summed E-state index contributed by atoms with van der Waals surface area (Å²) in [6.07, 6.45) is 1.49. The van der Waals surface area contributed by atoms with E-state index in [1.165, 1.54) is 4.90 Å². The van der Waals surface area contributed by atoms with Crippen LogP contribution in [0.25, 0.3) is 10.9 Å². The number of rotatable bonds is 8. The molecule has 0 aliphatic rings. The molecule has 0 saturated carbocycles. The Morgan fingerprint density at radius 2 is 1.92 bits per heavy atom. The number of benzene rings is 2. The van der Waals surface area contributed by atoms with Gasteiger partial charge in [0.05, 0.1) is 22.9 Å². The van der Waals surface area contributed by atoms with Crippen LogP contribution in [0.3, 0.4) is 0 Å². The van der Waals surface area contributed by atoms with Crippen LogP contribution in [0.4, 0.5) is 5.69 Å². The van der Waals surface area contributed by atoms with Crippen molar-refractivity contribution < 1.29 is 14.3 Å². The van der Waals surface area contributed by atoms with E-state index in [1.807, 2.05) is 56.3 Å². The van der Waals surface area contributed by atoms with Gasteiger partial charge < -0.3 is 20.1 Å². The van der Waals surface area contributed by atoms with Crippen LogP contribution in [-0.4, -0.2) is 29.5 Å². The van der Waals surface area contributed by atoms with E-state index in [4.69, 9.17) is 43.4 Å². The van der Waals surface area contributed by atoms with Crippen LogP contribution in [0.15, 0.2) is 60.8 Å². The van der Waals surface area contributed by atoms with Crippen LogP contribution in [-0.2, 0) is 11.4 Å². The molecule has 0 aliphatic heterocycles. The number of amides is 1. The second-order valence-corrected chi connectivity index (χ2v) is 9.02. The van der Waals surface area contributed by atoms with Crippen molar-refractivity contribution in [1.82, 2.24) is 9.97 Å². The number of nitrogens with two attached hydrogens (primary N) is 1. The van der Waals surface area contributed by atoms with Crippen molar-refractivity contribution in [3.8, 4) is 11.5 Å². The predicted octanol–water partition coefficient (Wildman–Crippen LogP) is 5.89. The number of likely N-dealkylation sites (N-methyl/N-ethyl adjacent to an activating group) is 1. The molecule has 2 heterocycles. The highest BCUT2D eigenvalue weighted by atomic mass is 35.5. The second-order valence-electron chi connectivity index (χ2n) is 8.23. The maximum atomic E-state index is 12.1. The minimum absolute atomic E-state index is 0.0748. The molecule has 2 N–H and O–H groups in total. The molecule has 0 saturated heterocycles. The van der Waals surface area contributed by atoms with Gasteiger partial charge in [0.15, 0.2) is 0 Å². The van der Waals surface area contributed by atoms with E-state index in [-0.39, 0.29) is 25.2 Å². The highest BCUT2D eigenvalue weighted by Crippen LogP contribution is 2.37. The summed E-state index contributed by atoms with van der Waals surface area (Å²) in [5.41, 5.74) is 8.81. The van der Waals surface area contributed by atoms with Gasteiger partial charge in [0.2, 0.25) is 5.91 Å². The van der Waals surface area contributed by atoms with Crippen LogP contribution in [0.2, 0.25) is 10.0 Å². The monoisotopic (exact) mass is 524 g/mol. The Morgan fingerprint density at radius 1 is 1.11 bits per heavy atom. The van der Waals surface area contributed by atoms with Gasteiger partial charge >= 0.3 is 0 Å². The summed E-state index contributed by atoms with van der Waals surface area (Å²) >= 11 is 13.1. The number of carbonyl (C=O) groups is 1. The van der Waals surface area contributed by atoms with Crippen LogP contribution >= 0.6 is 23.2 Å². The molecule has 186 valence electrons. The number of para-hydroxylation sites is 1. The van der Waals surface area contributed by atoms with Crippen molar-refractivity contribution in [1.29, 1.82) is 0 Å². The lowest BCUT2D eigenvalue weighted by molar-refractivity contribution is -0.117. The Bertz CT molecular complexity index is 1400. The maximum absolute atomic E-state index is 12.1. The largest absolute Gasteiger partial charge is 0.487 e. The molecule has 2 aromatic carbocycles. The Hall–Kier alpha value is -3.39. The lowest BCUT2D eigenvalue weighted by Gasteiger charge is -2.21. The number of anilines is 1. The molecular formula is C27H26Cl2N4O3. The lowest BCUT2D eigenvalue weighted by atomic mass is 10.1. The third-order valence-electron chi connectivity index (χ3n) is 5.75. The van der Waals surface area contributed by atoms with E-state index in [1.54, 1.807) is 25.4 Å². The van der Waals surface area contributed by atoms with Gasteiger partial charge in [-0.25, -0.2) is 4.98 Å². The van der Waals surface area contributed by atoms with Crippen molar-refractivity contribution in [2.75, 3.05) is 18.5 Å². The lowest BCUT2D eigenvalue weighted by Crippen LogP contribution is -2.32. The highest BCUT2D eigenvalue weighted by Gasteiger charge is 2.19. The average Bonchev–Trinajstić information content (AvgIpc) is 2.88. The number of carbonyl (C=O) groups excluding carboxylic acids is 1. The zero-order valence-corrected chi connectivity index (χ0v) is 21.7. The van der Waals surface area contributed by atoms with Gasteiger partial charge in [0.25, 0.3) is 0 Å². The molecule has 0 radical (unpaired) electrons. The Balaban J connectivity index is 1.64. The number of aromatic nitrogens is 2. The Morgan fingerprint density at radius 3 is 2.64 bits per heavy atom. The molecule has 9 heteroatoms. The number of hydrogen-bond acceptors (Lipinski definition) is 6. The number of pyridine rings is 2. The van der Waals surface area contributed by atoms with E-state index in [0.29, 0.717) is 38.3 Å². The molecule has 1 amide bonds. The fourth-order valence-electron chi connectivity index (χ4n) is 3.79. The van der Waals surface area contributed by atoms with Crippen molar-refractivity contribution >= 4 is 45.7 Å². The van der Waals surface area contributed by atoms with Crippen molar-refractivity contribution in [3.63, 3.8) is 0 Å². The van der Waals surface area contributed by atoms with E-state index in [9.17, 15) is 4.79 Å². The van der Waals surface area contributed by atoms with E-state index in [0.717, 1.165) is 16.8 Å². The minimum Gasteiger partial charge on any atom is -0.487 e. The topological polar surface area (TPSA) is 90.6 Å². The normalized spacial score (nSPS) is 11.8. The van der Waals surface area contributed by atoms with Crippen LogP contribution < -0.4 is 20.1 Å². The van der Waals surface area contributed by atoms with E-state index in [2.05, 4.69) is 4.98 Å². The molecule has 7 nitrogen and oxygen atoms in total. The summed E-state index contributed by atoms with van der Waals surface area (Å²) in [6.45, 7) is 3.79. The summed E-state index contributed by atoms with van der Waals surface area (Å²) < 4.78 is 12.4. The molecule has 1 atom stereocenters. The van der Waals surface area contributed by atoms with Crippen LogP contribution in [0, 0.1) is 6.92 Å². The molecule has 4 aromatic rings. The van der Waals surface area contributed by atoms with Crippen molar-refractivity contribution in [2.24, 2.45) is 5.73 Å². The first-order valence-corrected chi connectivity index (χ1v) is 12.1. The van der Waals surface area contributed by atoms with Gasteiger partial charge in [0, 0.05) is 41.0 Å². The fraction of sp³-hybridized carbons (Fsp3) is 0.222. The number of ether oxygens (including phenoxy) is 2. The molecule has 4 rings (SSSR count). The SMILES string of the molecule is Cc1cc(OC(C)c2ccccn2)c2cccc(OCc3c(Cl)ccc(N(C)C(=O)CN)c3Cl)c2n1. The second kappa shape index (κ2) is 11.1. The summed E-state index contributed by atoms with van der Waals surface area (Å²) in [4.78, 5) is 22.6. The molecule has 0 fully saturated rings. The molecule has 0 bridgehead atoms. The zero-order valence-electron chi connectivity index (χ0n) is 20.2. The molecule has 36 heavy (non-hydrogen) atoms. The third kappa shape index (κ3) is 5.38. The first-order valence-electron chi connectivity index (χ1n) is 11.3. The van der Waals surface area contributed by atoms with E-state index < -0.39 is 0 Å². The van der Waals surface area contributed by atoms with Crippen LogP contribution in [0.1, 0.15) is 30.0 Å². The Labute approximate surface area is 219 Å². The van der Waals surface area contributed by atoms with Gasteiger partial charge in [0.1, 0.15) is 29.7 Å². The molecule has 0 spiro atoms. The molecule has 0 aliphatic carbocycles. The highest BCUT2D eigenvalue weighted by molar-refractivity contribution is 6.38. The van der Waals surface area contributed by atoms with Gasteiger partial charge in [-0.2, -0.15) is 0 Å². The van der Waals surface area contributed by atoms with Crippen LogP contribution in [0.5, 0.6) is 11.5 Å². The van der Waals surface area contributed by atoms with Gasteiger partial charge in [-0.15, -0.1) is 0 Å². The van der Waals surface area contributed by atoms with E-state index >= 15 is 0 Å². The third-order valence-corrected chi connectivity index (χ3v) is 6.52. The smallest absolute Gasteiger partial charge is 0.240 e. The zero-order chi connectivity index (χ0) is 25.8. The number of aryl methyl sites for hydroxylation is 1. The quantitative estimate of drug-likeness (QED) is 0.309. The number of halogens is 2. The van der Waals surface area contributed by atoms with Crippen molar-refractivity contribution in [2.45, 2.75) is 26.6 Å². The summed E-state index contributed by atoms with van der Waals surface area (Å²) in [5.74, 6) is 0.962. The number of nitrogens with zero attached hydrogens (tertiary/aromatic N) is 3. The Kier molecular flexibility index (Phi) is 7.94. The van der Waals surface area contributed by atoms with Gasteiger partial charge in [-0.05, 0) is 50.2 Å².